The summed E-state index contributed by atoms with van der Waals surface area (Å²) in [6, 6.07) is 21.3. The Kier molecular flexibility index (Phi) is 16.0. The lowest BCUT2D eigenvalue weighted by atomic mass is 9.85. The molecule has 2 N–H and O–H groups in total. The summed E-state index contributed by atoms with van der Waals surface area (Å²) in [6.45, 7) is 9.07. The molecule has 2 saturated heterocycles. The lowest BCUT2D eigenvalue weighted by Gasteiger charge is -2.26. The first-order chi connectivity index (χ1) is 30.3. The zero-order valence-corrected chi connectivity index (χ0v) is 39.2. The zero-order valence-electron chi connectivity index (χ0n) is 37.6. The normalized spacial score (nSPS) is 19.7. The highest BCUT2D eigenvalue weighted by Gasteiger charge is 2.32. The van der Waals surface area contributed by atoms with E-state index in [-0.39, 0.29) is 57.3 Å². The molecule has 12 nitrogen and oxygen atoms in total. The van der Waals surface area contributed by atoms with E-state index in [1.165, 1.54) is 25.7 Å². The molecule has 2 aliphatic carbocycles. The Balaban J connectivity index is 0.000000213. The minimum Gasteiger partial charge on any atom is -0.493 e. The third-order valence-electron chi connectivity index (χ3n) is 12.3. The van der Waals surface area contributed by atoms with Crippen LogP contribution in [0.3, 0.4) is 0 Å². The van der Waals surface area contributed by atoms with Crippen molar-refractivity contribution in [1.82, 2.24) is 10.6 Å². The average molecular weight is 917 g/mol. The molecular weight excluding hydrogens is 853 g/mol. The van der Waals surface area contributed by atoms with Gasteiger partial charge in [0.2, 0.25) is 23.6 Å². The van der Waals surface area contributed by atoms with Crippen molar-refractivity contribution in [2.45, 2.75) is 120 Å². The Bertz CT molecular complexity index is 2400. The Morgan fingerprint density at radius 1 is 0.625 bits per heavy atom. The van der Waals surface area contributed by atoms with Gasteiger partial charge in [0, 0.05) is 30.1 Å². The van der Waals surface area contributed by atoms with Gasteiger partial charge in [-0.25, -0.2) is 16.8 Å². The fourth-order valence-corrected chi connectivity index (χ4v) is 11.7. The number of hydrogen-bond donors (Lipinski definition) is 2. The van der Waals surface area contributed by atoms with Gasteiger partial charge in [-0.05, 0) is 129 Å². The lowest BCUT2D eigenvalue weighted by Crippen LogP contribution is -2.41. The number of nitrogens with one attached hydrogen (secondary N) is 2. The van der Waals surface area contributed by atoms with Crippen molar-refractivity contribution >= 4 is 43.3 Å². The number of amides is 4. The summed E-state index contributed by atoms with van der Waals surface area (Å²) in [6.07, 6.45) is 13.2. The van der Waals surface area contributed by atoms with Crippen molar-refractivity contribution in [1.29, 1.82) is 0 Å². The minimum absolute atomic E-state index is 0.0292. The number of benzene rings is 3. The van der Waals surface area contributed by atoms with E-state index in [1.807, 2.05) is 64.1 Å². The van der Waals surface area contributed by atoms with Crippen molar-refractivity contribution in [2.75, 3.05) is 24.7 Å². The van der Waals surface area contributed by atoms with Crippen LogP contribution in [-0.2, 0) is 50.7 Å². The second kappa shape index (κ2) is 21.0. The number of rotatable bonds is 20. The summed E-state index contributed by atoms with van der Waals surface area (Å²) in [4.78, 5) is 46.9. The van der Waals surface area contributed by atoms with Crippen LogP contribution >= 0.6 is 0 Å². The second-order valence-electron chi connectivity index (χ2n) is 19.5. The van der Waals surface area contributed by atoms with Crippen LogP contribution in [0.4, 0.5) is 0 Å². The van der Waals surface area contributed by atoms with Crippen LogP contribution in [0.25, 0.3) is 0 Å². The molecule has 0 radical (unpaired) electrons. The van der Waals surface area contributed by atoms with E-state index in [0.717, 1.165) is 24.0 Å². The first-order valence-electron chi connectivity index (χ1n) is 22.6. The number of ether oxygens (including phenoxy) is 2. The molecule has 14 heteroatoms. The van der Waals surface area contributed by atoms with Crippen LogP contribution in [0, 0.1) is 29.1 Å². The fraction of sp³-hybridized carbons (Fsp3) is 0.520. The lowest BCUT2D eigenvalue weighted by molar-refractivity contribution is -0.137. The largest absolute Gasteiger partial charge is 0.493 e. The molecule has 64 heavy (non-hydrogen) atoms. The van der Waals surface area contributed by atoms with E-state index in [9.17, 15) is 36.0 Å². The van der Waals surface area contributed by atoms with Crippen LogP contribution in [0.2, 0.25) is 0 Å². The molecule has 4 aliphatic rings. The van der Waals surface area contributed by atoms with Gasteiger partial charge >= 0.3 is 0 Å². The minimum atomic E-state index is -3.52. The van der Waals surface area contributed by atoms with Crippen LogP contribution in [0.5, 0.6) is 11.5 Å². The van der Waals surface area contributed by atoms with Crippen LogP contribution in [0.15, 0.2) is 94.7 Å². The van der Waals surface area contributed by atoms with Crippen LogP contribution < -0.4 is 20.1 Å². The SMILES string of the molecule is CC(C)(CC/C=C/CC1CCC(=O)NC1=O)CS(=O)(=O)c1cccc(OCC2CC2)c1.CC(C)(CS(=O)(=O)c1cccc(OCC2CC2)c1)c1ccc(CC2CCC(=O)NC2=O)cc1. The van der Waals surface area contributed by atoms with Gasteiger partial charge in [-0.2, -0.15) is 0 Å². The molecule has 2 saturated carbocycles. The molecule has 0 spiro atoms. The van der Waals surface area contributed by atoms with Crippen LogP contribution in [-0.4, -0.2) is 65.2 Å². The van der Waals surface area contributed by atoms with Crippen LogP contribution in [0.1, 0.15) is 109 Å². The zero-order chi connectivity index (χ0) is 46.1. The molecule has 3 aromatic rings. The number of hydrogen-bond acceptors (Lipinski definition) is 10. The molecule has 3 aromatic carbocycles. The van der Waals surface area contributed by atoms with E-state index in [1.54, 1.807) is 48.5 Å². The molecule has 7 rings (SSSR count). The summed E-state index contributed by atoms with van der Waals surface area (Å²) >= 11 is 0. The van der Waals surface area contributed by atoms with E-state index in [4.69, 9.17) is 9.47 Å². The Hall–Kier alpha value is -4.82. The maximum Gasteiger partial charge on any atom is 0.230 e. The summed E-state index contributed by atoms with van der Waals surface area (Å²) in [5.74, 6) is 1.26. The maximum atomic E-state index is 13.2. The van der Waals surface area contributed by atoms with Gasteiger partial charge in [0.15, 0.2) is 19.7 Å². The molecule has 346 valence electrons. The number of imide groups is 2. The molecule has 4 fully saturated rings. The number of allylic oxidation sites excluding steroid dienone is 2. The maximum absolute atomic E-state index is 13.2. The summed E-state index contributed by atoms with van der Waals surface area (Å²) < 4.78 is 63.8. The Labute approximate surface area is 379 Å². The monoisotopic (exact) mass is 916 g/mol. The Morgan fingerprint density at radius 2 is 1.12 bits per heavy atom. The average Bonchev–Trinajstić information content (AvgIpc) is 4.18. The first-order valence-corrected chi connectivity index (χ1v) is 25.9. The van der Waals surface area contributed by atoms with Crippen molar-refractivity contribution in [2.24, 2.45) is 29.1 Å². The van der Waals surface area contributed by atoms with Gasteiger partial charge in [0.25, 0.3) is 0 Å². The Morgan fingerprint density at radius 3 is 1.62 bits per heavy atom. The van der Waals surface area contributed by atoms with Crippen molar-refractivity contribution in [3.63, 3.8) is 0 Å². The van der Waals surface area contributed by atoms with E-state index >= 15 is 0 Å². The highest BCUT2D eigenvalue weighted by atomic mass is 32.2. The van der Waals surface area contributed by atoms with Crippen molar-refractivity contribution in [3.05, 3.63) is 96.1 Å². The van der Waals surface area contributed by atoms with E-state index < -0.39 is 25.1 Å². The number of piperidine rings is 2. The van der Waals surface area contributed by atoms with Crippen molar-refractivity contribution in [3.8, 4) is 11.5 Å². The molecular formula is C50H64N2O10S2. The van der Waals surface area contributed by atoms with Gasteiger partial charge in [-0.3, -0.25) is 29.8 Å². The van der Waals surface area contributed by atoms with Gasteiger partial charge < -0.3 is 9.47 Å². The van der Waals surface area contributed by atoms with Gasteiger partial charge in [0.05, 0.1) is 34.5 Å². The molecule has 2 unspecified atom stereocenters. The molecule has 2 aliphatic heterocycles. The third kappa shape index (κ3) is 14.9. The molecule has 2 heterocycles. The van der Waals surface area contributed by atoms with E-state index in [2.05, 4.69) is 10.6 Å². The molecule has 0 aromatic heterocycles. The number of sulfone groups is 2. The highest BCUT2D eigenvalue weighted by molar-refractivity contribution is 7.91. The highest BCUT2D eigenvalue weighted by Crippen LogP contribution is 2.34. The summed E-state index contributed by atoms with van der Waals surface area (Å²) in [7, 11) is -6.95. The van der Waals surface area contributed by atoms with Gasteiger partial charge in [-0.1, -0.05) is 76.2 Å². The number of carbonyl (C=O) groups is 4. The molecule has 2 atom stereocenters. The second-order valence-corrected chi connectivity index (χ2v) is 23.4. The molecule has 0 bridgehead atoms. The molecule has 4 amide bonds. The van der Waals surface area contributed by atoms with Gasteiger partial charge in [-0.15, -0.1) is 0 Å². The standard InChI is InChI=1S/C26H31NO5S.C24H33NO5S/c1-26(2,17-33(30,31)23-5-3-4-22(15-23)32-16-19-6-7-19)21-11-8-18(9-12-21)14-20-10-13-24(28)27-25(20)29;1-24(2,14-5-3-4-7-19-12-13-22(26)25-23(19)27)17-31(28,29)21-9-6-8-20(15-21)30-16-18-10-11-18/h3-5,8-9,11-12,15,19-20H,6-7,10,13-14,16-17H2,1-2H3,(H,27,28,29);3-4,6,8-9,15,18-19H,5,7,10-14,16-17H2,1-2H3,(H,25,26,27)/b;4-3+. The topological polar surface area (TPSA) is 179 Å². The summed E-state index contributed by atoms with van der Waals surface area (Å²) in [5.41, 5.74) is 0.922. The third-order valence-corrected chi connectivity index (χ3v) is 16.5. The first kappa shape index (κ1) is 48.6. The predicted molar refractivity (Wildman–Crippen MR) is 245 cm³/mol. The fourth-order valence-electron chi connectivity index (χ4n) is 7.95. The number of carbonyl (C=O) groups excluding carboxylic acids is 4. The van der Waals surface area contributed by atoms with Gasteiger partial charge in [0.1, 0.15) is 11.5 Å². The smallest absolute Gasteiger partial charge is 0.230 e. The van der Waals surface area contributed by atoms with E-state index in [0.29, 0.717) is 80.0 Å². The predicted octanol–water partition coefficient (Wildman–Crippen LogP) is 7.88. The summed E-state index contributed by atoms with van der Waals surface area (Å²) in [5, 5.41) is 4.76. The van der Waals surface area contributed by atoms with Crippen molar-refractivity contribution < 1.29 is 45.5 Å². The quantitative estimate of drug-likeness (QED) is 0.0837.